The van der Waals surface area contributed by atoms with E-state index in [9.17, 15) is 9.18 Å². The van der Waals surface area contributed by atoms with Crippen molar-refractivity contribution in [3.63, 3.8) is 0 Å². The summed E-state index contributed by atoms with van der Waals surface area (Å²) in [7, 11) is 0. The van der Waals surface area contributed by atoms with E-state index >= 15 is 0 Å². The highest BCUT2D eigenvalue weighted by atomic mass is 35.5. The van der Waals surface area contributed by atoms with Crippen molar-refractivity contribution in [1.82, 2.24) is 0 Å². The Morgan fingerprint density at radius 3 is 2.13 bits per heavy atom. The molecule has 2 aromatic carbocycles. The molecule has 1 amide bonds. The molecule has 6 heteroatoms. The van der Waals surface area contributed by atoms with E-state index in [1.807, 2.05) is 30.4 Å². The third-order valence-electron chi connectivity index (χ3n) is 4.97. The summed E-state index contributed by atoms with van der Waals surface area (Å²) in [6.45, 7) is 15.1. The van der Waals surface area contributed by atoms with Crippen molar-refractivity contribution in [1.29, 1.82) is 0 Å². The Morgan fingerprint density at radius 2 is 1.70 bits per heavy atom. The van der Waals surface area contributed by atoms with Gasteiger partial charge in [-0.15, -0.1) is 0 Å². The average molecular weight is 434 g/mol. The molecule has 4 nitrogen and oxygen atoms in total. The second kappa shape index (κ2) is 13.6. The van der Waals surface area contributed by atoms with Crippen molar-refractivity contribution < 1.29 is 26.1 Å². The largest absolute Gasteiger partial charge is 1.00 e. The minimum atomic E-state index is -0.320. The van der Waals surface area contributed by atoms with Gasteiger partial charge in [-0.3, -0.25) is 4.79 Å². The highest BCUT2D eigenvalue weighted by molar-refractivity contribution is 5.81. The Kier molecular flexibility index (Phi) is 12.4. The Labute approximate surface area is 186 Å². The maximum Gasteiger partial charge on any atom is 0.224 e. The molecule has 0 bridgehead atoms. The number of benzene rings is 2. The van der Waals surface area contributed by atoms with Gasteiger partial charge in [0.15, 0.2) is 0 Å². The highest BCUT2D eigenvalue weighted by Gasteiger charge is 2.22. The van der Waals surface area contributed by atoms with Crippen LogP contribution in [0, 0.1) is 5.82 Å². The standard InChI is InChI=1S/C15H21FN.C9H12N2O.ClH/c1-4-10-17(6-3,11-5-2)13-14-8-7-9-15(16)12-14;1-6(9(11)12)7-2-4-8(10)5-3-7;/h4-5,7-9,12H,1-2,6,10-11,13H2,3H3;2-6H,10H2,1H3,(H2,11,12);1H/q+1;;/p-1. The molecule has 1 unspecified atom stereocenters. The molecule has 0 radical (unpaired) electrons. The lowest BCUT2D eigenvalue weighted by Crippen LogP contribution is -3.00. The number of likely N-dealkylation sites (N-methyl/N-ethyl adjacent to an activating group) is 1. The quantitative estimate of drug-likeness (QED) is 0.356. The summed E-state index contributed by atoms with van der Waals surface area (Å²) in [5, 5.41) is 0. The van der Waals surface area contributed by atoms with Gasteiger partial charge in [-0.25, -0.2) is 4.39 Å². The summed E-state index contributed by atoms with van der Waals surface area (Å²) >= 11 is 0. The summed E-state index contributed by atoms with van der Waals surface area (Å²) in [5.74, 6) is -0.737. The molecule has 2 rings (SSSR count). The van der Waals surface area contributed by atoms with Gasteiger partial charge in [0.2, 0.25) is 5.91 Å². The van der Waals surface area contributed by atoms with Crippen molar-refractivity contribution in [3.8, 4) is 0 Å². The van der Waals surface area contributed by atoms with E-state index in [1.165, 1.54) is 6.07 Å². The number of nitrogen functional groups attached to an aromatic ring is 1. The van der Waals surface area contributed by atoms with Crippen LogP contribution in [0.15, 0.2) is 73.8 Å². The fraction of sp³-hybridized carbons (Fsp3) is 0.292. The minimum absolute atomic E-state index is 0. The summed E-state index contributed by atoms with van der Waals surface area (Å²) in [4.78, 5) is 10.8. The average Bonchev–Trinajstić information content (AvgIpc) is 2.69. The van der Waals surface area contributed by atoms with E-state index < -0.39 is 0 Å². The summed E-state index contributed by atoms with van der Waals surface area (Å²) in [5.41, 5.74) is 13.2. The van der Waals surface area contributed by atoms with Gasteiger partial charge in [0.1, 0.15) is 12.4 Å². The van der Waals surface area contributed by atoms with Gasteiger partial charge >= 0.3 is 0 Å². The van der Waals surface area contributed by atoms with Gasteiger partial charge in [-0.1, -0.05) is 37.4 Å². The number of carbonyl (C=O) groups excluding carboxylic acids is 1. The fourth-order valence-electron chi connectivity index (χ4n) is 3.09. The van der Waals surface area contributed by atoms with Crippen LogP contribution in [0.5, 0.6) is 0 Å². The van der Waals surface area contributed by atoms with Crippen molar-refractivity contribution in [2.75, 3.05) is 25.4 Å². The number of carbonyl (C=O) groups is 1. The predicted octanol–water partition coefficient (Wildman–Crippen LogP) is 1.40. The first-order chi connectivity index (χ1) is 13.8. The number of halogens is 2. The number of rotatable bonds is 9. The van der Waals surface area contributed by atoms with E-state index in [-0.39, 0.29) is 30.0 Å². The van der Waals surface area contributed by atoms with Crippen LogP contribution in [0.4, 0.5) is 10.1 Å². The minimum Gasteiger partial charge on any atom is -1.00 e. The number of anilines is 1. The van der Waals surface area contributed by atoms with Crippen LogP contribution in [-0.4, -0.2) is 30.0 Å². The summed E-state index contributed by atoms with van der Waals surface area (Å²) in [6, 6.07) is 14.0. The first kappa shape index (κ1) is 27.4. The lowest BCUT2D eigenvalue weighted by molar-refractivity contribution is -0.928. The number of hydrogen-bond acceptors (Lipinski definition) is 2. The predicted molar refractivity (Wildman–Crippen MR) is 119 cm³/mol. The smallest absolute Gasteiger partial charge is 0.224 e. The number of hydrogen-bond donors (Lipinski definition) is 2. The number of nitrogens with two attached hydrogens (primary N) is 2. The zero-order valence-electron chi connectivity index (χ0n) is 17.9. The van der Waals surface area contributed by atoms with E-state index in [2.05, 4.69) is 20.1 Å². The van der Waals surface area contributed by atoms with Crippen LogP contribution in [0.3, 0.4) is 0 Å². The fourth-order valence-corrected chi connectivity index (χ4v) is 3.09. The molecule has 0 aromatic heterocycles. The first-order valence-corrected chi connectivity index (χ1v) is 9.73. The lowest BCUT2D eigenvalue weighted by Gasteiger charge is -2.36. The maximum absolute atomic E-state index is 13.2. The number of amides is 1. The Morgan fingerprint density at radius 1 is 1.13 bits per heavy atom. The van der Waals surface area contributed by atoms with Gasteiger partial charge in [-0.05, 0) is 55.8 Å². The van der Waals surface area contributed by atoms with Crippen molar-refractivity contribution >= 4 is 11.6 Å². The molecular weight excluding hydrogens is 401 g/mol. The molecule has 0 saturated carbocycles. The number of primary amides is 1. The topological polar surface area (TPSA) is 69.1 Å². The van der Waals surface area contributed by atoms with Crippen LogP contribution in [-0.2, 0) is 11.3 Å². The van der Waals surface area contributed by atoms with Gasteiger partial charge < -0.3 is 28.4 Å². The molecule has 0 aliphatic heterocycles. The number of nitrogens with zero attached hydrogens (tertiary/aromatic N) is 1. The van der Waals surface area contributed by atoms with Crippen LogP contribution >= 0.6 is 0 Å². The van der Waals surface area contributed by atoms with Crippen LogP contribution in [0.25, 0.3) is 0 Å². The van der Waals surface area contributed by atoms with Gasteiger partial charge in [0, 0.05) is 11.3 Å². The molecule has 30 heavy (non-hydrogen) atoms. The normalized spacial score (nSPS) is 11.3. The summed E-state index contributed by atoms with van der Waals surface area (Å²) in [6.07, 6.45) is 3.85. The molecule has 2 aromatic rings. The Balaban J connectivity index is 0.000000573. The van der Waals surface area contributed by atoms with E-state index in [4.69, 9.17) is 11.5 Å². The van der Waals surface area contributed by atoms with Crippen molar-refractivity contribution in [3.05, 3.63) is 90.8 Å². The molecule has 0 aliphatic rings. The molecular formula is C24H33ClFN3O. The monoisotopic (exact) mass is 433 g/mol. The highest BCUT2D eigenvalue weighted by Crippen LogP contribution is 2.16. The van der Waals surface area contributed by atoms with Crippen molar-refractivity contribution in [2.45, 2.75) is 26.3 Å². The van der Waals surface area contributed by atoms with Crippen molar-refractivity contribution in [2.24, 2.45) is 5.73 Å². The van der Waals surface area contributed by atoms with E-state index in [0.717, 1.165) is 41.8 Å². The zero-order valence-corrected chi connectivity index (χ0v) is 18.6. The molecule has 0 fully saturated rings. The van der Waals surface area contributed by atoms with Gasteiger partial charge in [-0.2, -0.15) is 0 Å². The Hall–Kier alpha value is -2.63. The molecule has 0 heterocycles. The third-order valence-corrected chi connectivity index (χ3v) is 4.97. The zero-order chi connectivity index (χ0) is 21.9. The van der Waals surface area contributed by atoms with Crippen LogP contribution in [0.1, 0.15) is 30.9 Å². The first-order valence-electron chi connectivity index (χ1n) is 9.73. The molecule has 0 spiro atoms. The molecule has 1 atom stereocenters. The maximum atomic E-state index is 13.2. The van der Waals surface area contributed by atoms with Gasteiger partial charge in [0.25, 0.3) is 0 Å². The molecule has 0 aliphatic carbocycles. The molecule has 164 valence electrons. The van der Waals surface area contributed by atoms with E-state index in [1.54, 1.807) is 31.2 Å². The molecule has 4 N–H and O–H groups in total. The van der Waals surface area contributed by atoms with Crippen LogP contribution < -0.4 is 23.9 Å². The van der Waals surface area contributed by atoms with E-state index in [0.29, 0.717) is 5.69 Å². The summed E-state index contributed by atoms with van der Waals surface area (Å²) < 4.78 is 14.0. The van der Waals surface area contributed by atoms with Gasteiger partial charge in [0.05, 0.1) is 25.6 Å². The second-order valence-corrected chi connectivity index (χ2v) is 7.18. The second-order valence-electron chi connectivity index (χ2n) is 7.18. The third kappa shape index (κ3) is 8.80. The lowest BCUT2D eigenvalue weighted by atomic mass is 10.0. The number of quaternary nitrogens is 1. The SMILES string of the molecule is C=CC[N+](CC)(CC=C)Cc1cccc(F)c1.CC(C(N)=O)c1ccc(N)cc1.[Cl-]. The Bertz CT molecular complexity index is 798. The molecule has 0 saturated heterocycles. The van der Waals surface area contributed by atoms with Crippen LogP contribution in [0.2, 0.25) is 0 Å².